The van der Waals surface area contributed by atoms with E-state index in [9.17, 15) is 0 Å². The van der Waals surface area contributed by atoms with Crippen molar-refractivity contribution in [1.29, 1.82) is 0 Å². The molecule has 0 aliphatic heterocycles. The molecule has 1 aromatic carbocycles. The van der Waals surface area contributed by atoms with Gasteiger partial charge in [0.1, 0.15) is 5.75 Å². The molecule has 0 spiro atoms. The number of thioether (sulfide) groups is 1. The minimum atomic E-state index is 0.282. The quantitative estimate of drug-likeness (QED) is 0.541. The normalized spacial score (nSPS) is 10.3. The molecule has 0 saturated heterocycles. The van der Waals surface area contributed by atoms with E-state index in [1.54, 1.807) is 0 Å². The van der Waals surface area contributed by atoms with Gasteiger partial charge >= 0.3 is 0 Å². The van der Waals surface area contributed by atoms with Gasteiger partial charge in [-0.05, 0) is 36.5 Å². The van der Waals surface area contributed by atoms with Crippen molar-refractivity contribution in [3.63, 3.8) is 0 Å². The molecule has 0 aromatic heterocycles. The molecule has 0 bridgehead atoms. The Labute approximate surface area is 101 Å². The van der Waals surface area contributed by atoms with Crippen LogP contribution in [0.15, 0.2) is 24.3 Å². The van der Waals surface area contributed by atoms with Crippen molar-refractivity contribution in [3.8, 4) is 5.75 Å². The largest absolute Gasteiger partial charge is 0.491 e. The van der Waals surface area contributed by atoms with Gasteiger partial charge in [0.2, 0.25) is 0 Å². The smallest absolute Gasteiger partial charge is 0.142 e. The van der Waals surface area contributed by atoms with Gasteiger partial charge in [-0.1, -0.05) is 12.1 Å². The average Bonchev–Trinajstić information content (AvgIpc) is 2.30. The molecule has 0 aliphatic rings. The van der Waals surface area contributed by atoms with Gasteiger partial charge in [0.15, 0.2) is 0 Å². The van der Waals surface area contributed by atoms with Gasteiger partial charge in [-0.3, -0.25) is 0 Å². The zero-order chi connectivity index (χ0) is 11.6. The summed E-state index contributed by atoms with van der Waals surface area (Å²) >= 11 is 1.85. The van der Waals surface area contributed by atoms with E-state index in [0.717, 1.165) is 30.1 Å². The number of anilines is 1. The van der Waals surface area contributed by atoms with Crippen molar-refractivity contribution in [1.82, 2.24) is 0 Å². The summed E-state index contributed by atoms with van der Waals surface area (Å²) in [4.78, 5) is 0. The molecule has 4 heteroatoms. The molecule has 1 rings (SSSR count). The van der Waals surface area contributed by atoms with Crippen LogP contribution in [0.4, 0.5) is 5.69 Å². The summed E-state index contributed by atoms with van der Waals surface area (Å²) in [5.41, 5.74) is 6.43. The fraction of sp³-hybridized carbons (Fsp3) is 0.500. The van der Waals surface area contributed by atoms with Gasteiger partial charge in [-0.25, -0.2) is 0 Å². The summed E-state index contributed by atoms with van der Waals surface area (Å²) < 4.78 is 5.56. The van der Waals surface area contributed by atoms with Crippen LogP contribution in [0.25, 0.3) is 0 Å². The number of nitrogens with two attached hydrogens (primary N) is 1. The van der Waals surface area contributed by atoms with E-state index in [0.29, 0.717) is 12.3 Å². The van der Waals surface area contributed by atoms with Crippen molar-refractivity contribution in [2.75, 3.05) is 30.5 Å². The summed E-state index contributed by atoms with van der Waals surface area (Å²) in [5.74, 6) is 2.85. The van der Waals surface area contributed by atoms with E-state index in [1.807, 2.05) is 36.0 Å². The Hall–Kier alpha value is -0.870. The molecular formula is C12H19NO2S. The first kappa shape index (κ1) is 13.2. The summed E-state index contributed by atoms with van der Waals surface area (Å²) in [7, 11) is 0. The molecule has 90 valence electrons. The maximum atomic E-state index is 8.60. The zero-order valence-electron chi connectivity index (χ0n) is 9.39. The molecule has 0 saturated carbocycles. The highest BCUT2D eigenvalue weighted by molar-refractivity contribution is 7.99. The van der Waals surface area contributed by atoms with E-state index < -0.39 is 0 Å². The Balaban J connectivity index is 2.05. The van der Waals surface area contributed by atoms with Gasteiger partial charge in [-0.2, -0.15) is 11.8 Å². The fourth-order valence-corrected chi connectivity index (χ4v) is 2.08. The van der Waals surface area contributed by atoms with E-state index in [2.05, 4.69) is 0 Å². The van der Waals surface area contributed by atoms with Gasteiger partial charge in [0.05, 0.1) is 12.3 Å². The van der Waals surface area contributed by atoms with Crippen molar-refractivity contribution >= 4 is 17.4 Å². The van der Waals surface area contributed by atoms with Crippen molar-refractivity contribution in [2.45, 2.75) is 12.8 Å². The fourth-order valence-electron chi connectivity index (χ4n) is 1.22. The van der Waals surface area contributed by atoms with Crippen LogP contribution in [-0.4, -0.2) is 29.8 Å². The molecule has 3 nitrogen and oxygen atoms in total. The van der Waals surface area contributed by atoms with Gasteiger partial charge in [0.25, 0.3) is 0 Å². The average molecular weight is 241 g/mol. The third kappa shape index (κ3) is 5.28. The van der Waals surface area contributed by atoms with Gasteiger partial charge < -0.3 is 15.6 Å². The number of rotatable bonds is 8. The van der Waals surface area contributed by atoms with Crippen LogP contribution in [0.5, 0.6) is 5.75 Å². The topological polar surface area (TPSA) is 55.5 Å². The number of hydrogen-bond donors (Lipinski definition) is 2. The molecule has 1 aromatic rings. The number of aliphatic hydroxyl groups excluding tert-OH is 1. The lowest BCUT2D eigenvalue weighted by molar-refractivity contribution is 0.296. The van der Waals surface area contributed by atoms with Crippen LogP contribution < -0.4 is 10.5 Å². The zero-order valence-corrected chi connectivity index (χ0v) is 10.2. The number of ether oxygens (including phenoxy) is 1. The second-order valence-electron chi connectivity index (χ2n) is 3.43. The Morgan fingerprint density at radius 2 is 1.94 bits per heavy atom. The van der Waals surface area contributed by atoms with Crippen LogP contribution in [0.1, 0.15) is 12.8 Å². The van der Waals surface area contributed by atoms with Crippen LogP contribution in [0, 0.1) is 0 Å². The first-order chi connectivity index (χ1) is 7.84. The number of para-hydroxylation sites is 2. The Bertz CT molecular complexity index is 294. The van der Waals surface area contributed by atoms with Crippen molar-refractivity contribution < 1.29 is 9.84 Å². The lowest BCUT2D eigenvalue weighted by Gasteiger charge is -2.07. The van der Waals surface area contributed by atoms with E-state index in [4.69, 9.17) is 15.6 Å². The first-order valence-corrected chi connectivity index (χ1v) is 6.66. The van der Waals surface area contributed by atoms with E-state index >= 15 is 0 Å². The van der Waals surface area contributed by atoms with Crippen molar-refractivity contribution in [2.24, 2.45) is 0 Å². The van der Waals surface area contributed by atoms with Crippen LogP contribution in [0.3, 0.4) is 0 Å². The van der Waals surface area contributed by atoms with Crippen LogP contribution in [0.2, 0.25) is 0 Å². The lowest BCUT2D eigenvalue weighted by Crippen LogP contribution is -2.01. The minimum Gasteiger partial charge on any atom is -0.491 e. The number of aliphatic hydroxyl groups is 1. The molecular weight excluding hydrogens is 222 g/mol. The number of nitrogen functional groups attached to an aromatic ring is 1. The third-order valence-corrected chi connectivity index (χ3v) is 3.21. The molecule has 3 N–H and O–H groups in total. The molecule has 0 fully saturated rings. The van der Waals surface area contributed by atoms with Gasteiger partial charge in [-0.15, -0.1) is 0 Å². The molecule has 0 radical (unpaired) electrons. The summed E-state index contributed by atoms with van der Waals surface area (Å²) in [6.07, 6.45) is 1.88. The molecule has 16 heavy (non-hydrogen) atoms. The highest BCUT2D eigenvalue weighted by Crippen LogP contribution is 2.19. The highest BCUT2D eigenvalue weighted by atomic mass is 32.2. The SMILES string of the molecule is Nc1ccccc1OCCCSCCCO. The van der Waals surface area contributed by atoms with Crippen molar-refractivity contribution in [3.05, 3.63) is 24.3 Å². The summed E-state index contributed by atoms with van der Waals surface area (Å²) in [5, 5.41) is 8.60. The number of hydrogen-bond acceptors (Lipinski definition) is 4. The molecule has 0 amide bonds. The summed E-state index contributed by atoms with van der Waals surface area (Å²) in [6.45, 7) is 0.977. The second-order valence-corrected chi connectivity index (χ2v) is 4.65. The standard InChI is InChI=1S/C12H19NO2S/c13-11-5-1-2-6-12(11)15-8-4-10-16-9-3-7-14/h1-2,5-6,14H,3-4,7-10,13H2. The van der Waals surface area contributed by atoms with Crippen LogP contribution >= 0.6 is 11.8 Å². The monoisotopic (exact) mass is 241 g/mol. The Kier molecular flexibility index (Phi) is 6.85. The van der Waals surface area contributed by atoms with Gasteiger partial charge in [0, 0.05) is 6.61 Å². The minimum absolute atomic E-state index is 0.282. The number of benzene rings is 1. The second kappa shape index (κ2) is 8.30. The van der Waals surface area contributed by atoms with E-state index in [-0.39, 0.29) is 6.61 Å². The first-order valence-electron chi connectivity index (χ1n) is 5.50. The summed E-state index contributed by atoms with van der Waals surface area (Å²) in [6, 6.07) is 7.54. The molecule has 0 heterocycles. The highest BCUT2D eigenvalue weighted by Gasteiger charge is 1.97. The Morgan fingerprint density at radius 3 is 2.69 bits per heavy atom. The third-order valence-electron chi connectivity index (χ3n) is 2.06. The van der Waals surface area contributed by atoms with E-state index in [1.165, 1.54) is 0 Å². The van der Waals surface area contributed by atoms with Crippen LogP contribution in [-0.2, 0) is 0 Å². The molecule has 0 unspecified atom stereocenters. The predicted molar refractivity (Wildman–Crippen MR) is 70.0 cm³/mol. The maximum absolute atomic E-state index is 8.60. The Morgan fingerprint density at radius 1 is 1.19 bits per heavy atom. The lowest BCUT2D eigenvalue weighted by atomic mass is 10.3. The predicted octanol–water partition coefficient (Wildman–Crippen LogP) is 2.15. The molecule has 0 atom stereocenters. The molecule has 0 aliphatic carbocycles. The maximum Gasteiger partial charge on any atom is 0.142 e.